The lowest BCUT2D eigenvalue weighted by atomic mass is 10.2. The minimum absolute atomic E-state index is 0.0793. The van der Waals surface area contributed by atoms with Gasteiger partial charge in [-0.2, -0.15) is 0 Å². The van der Waals surface area contributed by atoms with Crippen LogP contribution >= 0.6 is 16.3 Å². The second kappa shape index (κ2) is 3.48. The smallest absolute Gasteiger partial charge is 0.352 e. The topological polar surface area (TPSA) is 26.3 Å². The molecule has 0 atom stereocenters. The first-order valence-electron chi connectivity index (χ1n) is 2.83. The van der Waals surface area contributed by atoms with Gasteiger partial charge in [0.25, 0.3) is 0 Å². The number of halogens is 2. The maximum Gasteiger partial charge on any atom is 0.352 e. The second-order valence-corrected chi connectivity index (χ2v) is 2.17. The summed E-state index contributed by atoms with van der Waals surface area (Å²) in [6.07, 6.45) is 0. The molecule has 0 aliphatic rings. The molecular weight excluding hydrogens is 215 g/mol. The summed E-state index contributed by atoms with van der Waals surface area (Å²) < 4.78 is 16.9. The number of hydrogen-bond acceptors (Lipinski definition) is 2. The summed E-state index contributed by atoms with van der Waals surface area (Å²) in [5.41, 5.74) is -0.0793. The van der Waals surface area contributed by atoms with Gasteiger partial charge in [-0.05, 0) is 12.1 Å². The number of benzene rings is 1. The van der Waals surface area contributed by atoms with E-state index in [1.165, 1.54) is 18.2 Å². The van der Waals surface area contributed by atoms with E-state index in [-0.39, 0.29) is 5.56 Å². The monoisotopic (exact) mass is 218 g/mol. The summed E-state index contributed by atoms with van der Waals surface area (Å²) in [7, 11) is 0. The molecule has 58 valence electrons. The highest BCUT2D eigenvalue weighted by molar-refractivity contribution is 9.06. The molecule has 0 aromatic heterocycles. The van der Waals surface area contributed by atoms with E-state index in [9.17, 15) is 9.18 Å². The van der Waals surface area contributed by atoms with Crippen molar-refractivity contribution in [2.75, 3.05) is 0 Å². The molecule has 4 heteroatoms. The van der Waals surface area contributed by atoms with Crippen LogP contribution < -0.4 is 0 Å². The van der Waals surface area contributed by atoms with Crippen LogP contribution in [0, 0.1) is 5.82 Å². The van der Waals surface area contributed by atoms with Crippen molar-refractivity contribution in [1.82, 2.24) is 0 Å². The molecule has 0 aliphatic carbocycles. The molecular formula is C7H4BrFO2. The van der Waals surface area contributed by atoms with Crippen molar-refractivity contribution in [2.45, 2.75) is 0 Å². The highest BCUT2D eigenvalue weighted by Crippen LogP contribution is 2.08. The number of carbonyl (C=O) groups is 1. The van der Waals surface area contributed by atoms with Crippen LogP contribution in [-0.2, 0) is 3.83 Å². The molecule has 2 nitrogen and oxygen atoms in total. The molecule has 0 saturated carbocycles. The summed E-state index contributed by atoms with van der Waals surface area (Å²) >= 11 is 2.47. The summed E-state index contributed by atoms with van der Waals surface area (Å²) in [6.45, 7) is 0. The molecule has 0 heterocycles. The zero-order valence-electron chi connectivity index (χ0n) is 5.38. The minimum Gasteiger partial charge on any atom is -0.380 e. The second-order valence-electron chi connectivity index (χ2n) is 1.84. The fourth-order valence-corrected chi connectivity index (χ4v) is 0.843. The predicted molar refractivity (Wildman–Crippen MR) is 40.7 cm³/mol. The maximum atomic E-state index is 12.7. The Hall–Kier alpha value is -0.900. The highest BCUT2D eigenvalue weighted by atomic mass is 79.9. The van der Waals surface area contributed by atoms with Gasteiger partial charge in [-0.1, -0.05) is 12.1 Å². The lowest BCUT2D eigenvalue weighted by Gasteiger charge is -1.96. The fourth-order valence-electron chi connectivity index (χ4n) is 0.668. The average Bonchev–Trinajstić information content (AvgIpc) is 2.04. The van der Waals surface area contributed by atoms with Crippen molar-refractivity contribution < 1.29 is 13.0 Å². The SMILES string of the molecule is O=C(OBr)c1ccccc1F. The lowest BCUT2D eigenvalue weighted by molar-refractivity contribution is 0.0777. The zero-order valence-corrected chi connectivity index (χ0v) is 6.97. The molecule has 1 aromatic carbocycles. The summed E-state index contributed by atoms with van der Waals surface area (Å²) in [6, 6.07) is 5.60. The van der Waals surface area contributed by atoms with E-state index >= 15 is 0 Å². The van der Waals surface area contributed by atoms with Gasteiger partial charge < -0.3 is 3.83 Å². The quantitative estimate of drug-likeness (QED) is 0.724. The maximum absolute atomic E-state index is 12.7. The summed E-state index contributed by atoms with van der Waals surface area (Å²) in [4.78, 5) is 10.7. The van der Waals surface area contributed by atoms with Crippen molar-refractivity contribution in [1.29, 1.82) is 0 Å². The van der Waals surface area contributed by atoms with E-state index in [0.717, 1.165) is 0 Å². The Kier molecular flexibility index (Phi) is 2.59. The van der Waals surface area contributed by atoms with Crippen LogP contribution in [0.2, 0.25) is 0 Å². The highest BCUT2D eigenvalue weighted by Gasteiger charge is 2.10. The van der Waals surface area contributed by atoms with Gasteiger partial charge in [0, 0.05) is 0 Å². The molecule has 11 heavy (non-hydrogen) atoms. The van der Waals surface area contributed by atoms with Gasteiger partial charge in [0.1, 0.15) is 5.82 Å². The van der Waals surface area contributed by atoms with Gasteiger partial charge in [-0.25, -0.2) is 9.18 Å². The largest absolute Gasteiger partial charge is 0.380 e. The van der Waals surface area contributed by atoms with E-state index in [4.69, 9.17) is 0 Å². The number of hydrogen-bond donors (Lipinski definition) is 0. The Balaban J connectivity index is 3.03. The minimum atomic E-state index is -0.733. The van der Waals surface area contributed by atoms with Crippen molar-refractivity contribution in [3.05, 3.63) is 35.6 Å². The summed E-state index contributed by atoms with van der Waals surface area (Å²) in [5, 5.41) is 0. The first-order valence-corrected chi connectivity index (χ1v) is 3.48. The molecule has 0 bridgehead atoms. The molecule has 1 rings (SSSR count). The lowest BCUT2D eigenvalue weighted by Crippen LogP contribution is -2.00. The Labute approximate surface area is 71.4 Å². The molecule has 0 radical (unpaired) electrons. The predicted octanol–water partition coefficient (Wildman–Crippen LogP) is 2.29. The molecule has 0 N–H and O–H groups in total. The third kappa shape index (κ3) is 1.77. The van der Waals surface area contributed by atoms with Crippen LogP contribution in [0.3, 0.4) is 0 Å². The standard InChI is InChI=1S/C7H4BrFO2/c8-11-7(10)5-3-1-2-4-6(5)9/h1-4H. The fraction of sp³-hybridized carbons (Fsp3) is 0. The number of rotatable bonds is 1. The van der Waals surface area contributed by atoms with Crippen LogP contribution in [0.25, 0.3) is 0 Å². The first-order chi connectivity index (χ1) is 5.25. The third-order valence-electron chi connectivity index (χ3n) is 1.16. The molecule has 1 aromatic rings. The van der Waals surface area contributed by atoms with Crippen LogP contribution in [0.1, 0.15) is 10.4 Å². The Morgan fingerprint density at radius 3 is 2.64 bits per heavy atom. The van der Waals surface area contributed by atoms with E-state index < -0.39 is 11.8 Å². The van der Waals surface area contributed by atoms with Crippen LogP contribution in [0.15, 0.2) is 24.3 Å². The third-order valence-corrected chi connectivity index (χ3v) is 1.46. The van der Waals surface area contributed by atoms with Crippen LogP contribution in [0.5, 0.6) is 0 Å². The number of carbonyl (C=O) groups excluding carboxylic acids is 1. The Morgan fingerprint density at radius 1 is 1.45 bits per heavy atom. The normalized spacial score (nSPS) is 9.27. The Morgan fingerprint density at radius 2 is 2.09 bits per heavy atom. The van der Waals surface area contributed by atoms with Gasteiger partial charge >= 0.3 is 5.97 Å². The van der Waals surface area contributed by atoms with Gasteiger partial charge in [-0.15, -0.1) is 0 Å². The van der Waals surface area contributed by atoms with Crippen LogP contribution in [0.4, 0.5) is 4.39 Å². The molecule has 0 amide bonds. The Bertz CT molecular complexity index is 275. The molecule has 0 fully saturated rings. The van der Waals surface area contributed by atoms with Gasteiger partial charge in [0.15, 0.2) is 16.3 Å². The van der Waals surface area contributed by atoms with Crippen molar-refractivity contribution in [2.24, 2.45) is 0 Å². The average molecular weight is 219 g/mol. The van der Waals surface area contributed by atoms with Gasteiger partial charge in [0.05, 0.1) is 5.56 Å². The van der Waals surface area contributed by atoms with Crippen molar-refractivity contribution in [3.8, 4) is 0 Å². The molecule has 0 spiro atoms. The summed E-state index contributed by atoms with van der Waals surface area (Å²) in [5.74, 6) is -1.32. The van der Waals surface area contributed by atoms with E-state index in [1.54, 1.807) is 6.07 Å². The van der Waals surface area contributed by atoms with Crippen LogP contribution in [-0.4, -0.2) is 5.97 Å². The van der Waals surface area contributed by atoms with E-state index in [2.05, 4.69) is 20.1 Å². The van der Waals surface area contributed by atoms with Crippen molar-refractivity contribution >= 4 is 22.2 Å². The van der Waals surface area contributed by atoms with E-state index in [0.29, 0.717) is 0 Å². The molecule has 0 aliphatic heterocycles. The van der Waals surface area contributed by atoms with E-state index in [1.807, 2.05) is 0 Å². The zero-order chi connectivity index (χ0) is 8.27. The first kappa shape index (κ1) is 8.20. The van der Waals surface area contributed by atoms with Gasteiger partial charge in [0.2, 0.25) is 0 Å². The molecule has 0 saturated heterocycles. The van der Waals surface area contributed by atoms with Crippen molar-refractivity contribution in [3.63, 3.8) is 0 Å². The van der Waals surface area contributed by atoms with Gasteiger partial charge in [-0.3, -0.25) is 0 Å². The molecule has 0 unspecified atom stereocenters.